The van der Waals surface area contributed by atoms with E-state index in [-0.39, 0.29) is 0 Å². The van der Waals surface area contributed by atoms with Gasteiger partial charge in [0.2, 0.25) is 0 Å². The van der Waals surface area contributed by atoms with E-state index in [0.29, 0.717) is 12.1 Å². The maximum Gasteiger partial charge on any atom is 0.123 e. The lowest BCUT2D eigenvalue weighted by Crippen LogP contribution is -2.39. The average molecular weight is 276 g/mol. The lowest BCUT2D eigenvalue weighted by molar-refractivity contribution is 0.236. The maximum atomic E-state index is 5.47. The Balaban J connectivity index is 1.93. The fourth-order valence-electron chi connectivity index (χ4n) is 2.64. The van der Waals surface area contributed by atoms with Crippen molar-refractivity contribution in [3.05, 3.63) is 29.3 Å². The number of nitrogens with one attached hydrogen (secondary N) is 1. The van der Waals surface area contributed by atoms with Gasteiger partial charge in [-0.25, -0.2) is 0 Å². The van der Waals surface area contributed by atoms with Crippen LogP contribution in [-0.2, 0) is 0 Å². The summed E-state index contributed by atoms with van der Waals surface area (Å²) >= 11 is 0. The minimum Gasteiger partial charge on any atom is -0.496 e. The van der Waals surface area contributed by atoms with Crippen molar-refractivity contribution >= 4 is 0 Å². The Morgan fingerprint density at radius 2 is 2.05 bits per heavy atom. The summed E-state index contributed by atoms with van der Waals surface area (Å²) in [6.45, 7) is 7.64. The molecule has 0 aromatic heterocycles. The third-order valence-electron chi connectivity index (χ3n) is 4.39. The summed E-state index contributed by atoms with van der Waals surface area (Å²) in [5.74, 6) is 0.971. The van der Waals surface area contributed by atoms with Crippen molar-refractivity contribution in [3.8, 4) is 5.75 Å². The van der Waals surface area contributed by atoms with Gasteiger partial charge in [-0.2, -0.15) is 0 Å². The summed E-state index contributed by atoms with van der Waals surface area (Å²) in [4.78, 5) is 2.49. The molecule has 1 aromatic rings. The Hall–Kier alpha value is -1.06. The third-order valence-corrected chi connectivity index (χ3v) is 4.39. The summed E-state index contributed by atoms with van der Waals surface area (Å²) in [6.07, 6.45) is 2.73. The van der Waals surface area contributed by atoms with Crippen molar-refractivity contribution < 1.29 is 4.74 Å². The van der Waals surface area contributed by atoms with Crippen LogP contribution in [-0.4, -0.2) is 37.7 Å². The van der Waals surface area contributed by atoms with Gasteiger partial charge in [0.15, 0.2) is 0 Å². The molecule has 0 radical (unpaired) electrons. The summed E-state index contributed by atoms with van der Waals surface area (Å²) in [5, 5.41) is 3.64. The molecule has 1 saturated carbocycles. The lowest BCUT2D eigenvalue weighted by atomic mass is 10.0. The van der Waals surface area contributed by atoms with E-state index in [0.717, 1.165) is 18.3 Å². The molecule has 0 spiro atoms. The van der Waals surface area contributed by atoms with Crippen LogP contribution < -0.4 is 10.1 Å². The summed E-state index contributed by atoms with van der Waals surface area (Å²) in [5.41, 5.74) is 2.52. The van der Waals surface area contributed by atoms with Gasteiger partial charge in [0.25, 0.3) is 0 Å². The van der Waals surface area contributed by atoms with E-state index in [9.17, 15) is 0 Å². The lowest BCUT2D eigenvalue weighted by Gasteiger charge is -2.27. The molecule has 2 atom stereocenters. The first kappa shape index (κ1) is 15.3. The molecule has 3 nitrogen and oxygen atoms in total. The number of rotatable bonds is 7. The van der Waals surface area contributed by atoms with Crippen molar-refractivity contribution in [1.82, 2.24) is 10.2 Å². The molecule has 1 fully saturated rings. The van der Waals surface area contributed by atoms with E-state index in [1.807, 2.05) is 0 Å². The van der Waals surface area contributed by atoms with Crippen LogP contribution in [0.2, 0.25) is 0 Å². The van der Waals surface area contributed by atoms with Gasteiger partial charge in [-0.1, -0.05) is 17.7 Å². The number of likely N-dealkylation sites (N-methyl/N-ethyl adjacent to an activating group) is 1. The zero-order valence-electron chi connectivity index (χ0n) is 13.4. The quantitative estimate of drug-likeness (QED) is 0.828. The maximum absolute atomic E-state index is 5.47. The molecule has 2 unspecified atom stereocenters. The SMILES string of the molecule is COc1ccc(C)cc1C(C)NCC(C)N(C)C1CC1. The molecule has 1 N–H and O–H groups in total. The van der Waals surface area contributed by atoms with E-state index >= 15 is 0 Å². The standard InChI is InChI=1S/C17H28N2O/c1-12-6-9-17(20-5)16(10-12)14(3)18-11-13(2)19(4)15-7-8-15/h6,9-10,13-15,18H,7-8,11H2,1-5H3. The first-order valence-electron chi connectivity index (χ1n) is 7.62. The molecular formula is C17H28N2O. The Morgan fingerprint density at radius 3 is 2.65 bits per heavy atom. The third kappa shape index (κ3) is 3.74. The van der Waals surface area contributed by atoms with E-state index in [2.05, 4.69) is 56.2 Å². The fraction of sp³-hybridized carbons (Fsp3) is 0.647. The van der Waals surface area contributed by atoms with Crippen LogP contribution in [0.25, 0.3) is 0 Å². The van der Waals surface area contributed by atoms with Crippen LogP contribution in [0.1, 0.15) is 43.9 Å². The highest BCUT2D eigenvalue weighted by molar-refractivity contribution is 5.38. The molecule has 1 aromatic carbocycles. The normalized spacial score (nSPS) is 18.1. The van der Waals surface area contributed by atoms with Gasteiger partial charge >= 0.3 is 0 Å². The molecule has 0 amide bonds. The highest BCUT2D eigenvalue weighted by Crippen LogP contribution is 2.28. The fourth-order valence-corrected chi connectivity index (χ4v) is 2.64. The molecule has 0 saturated heterocycles. The summed E-state index contributed by atoms with van der Waals surface area (Å²) in [7, 11) is 3.98. The molecule has 112 valence electrons. The van der Waals surface area contributed by atoms with E-state index < -0.39 is 0 Å². The molecule has 2 rings (SSSR count). The van der Waals surface area contributed by atoms with Crippen molar-refractivity contribution in [1.29, 1.82) is 0 Å². The summed E-state index contributed by atoms with van der Waals surface area (Å²) < 4.78 is 5.47. The highest BCUT2D eigenvalue weighted by atomic mass is 16.5. The van der Waals surface area contributed by atoms with Crippen LogP contribution in [0.3, 0.4) is 0 Å². The second-order valence-corrected chi connectivity index (χ2v) is 6.12. The summed E-state index contributed by atoms with van der Waals surface area (Å²) in [6, 6.07) is 8.06. The number of nitrogens with zero attached hydrogens (tertiary/aromatic N) is 1. The molecule has 3 heteroatoms. The Morgan fingerprint density at radius 1 is 1.35 bits per heavy atom. The van der Waals surface area contributed by atoms with Crippen LogP contribution in [0.15, 0.2) is 18.2 Å². The van der Waals surface area contributed by atoms with Gasteiger partial charge in [0.05, 0.1) is 7.11 Å². The monoisotopic (exact) mass is 276 g/mol. The van der Waals surface area contributed by atoms with Crippen LogP contribution in [0, 0.1) is 6.92 Å². The first-order chi connectivity index (χ1) is 9.52. The Kier molecular flexibility index (Phi) is 5.06. The smallest absolute Gasteiger partial charge is 0.123 e. The van der Waals surface area contributed by atoms with E-state index in [1.165, 1.54) is 24.0 Å². The van der Waals surface area contributed by atoms with E-state index in [4.69, 9.17) is 4.74 Å². The topological polar surface area (TPSA) is 24.5 Å². The molecule has 1 aliphatic rings. The van der Waals surface area contributed by atoms with Gasteiger partial charge < -0.3 is 10.1 Å². The van der Waals surface area contributed by atoms with Gasteiger partial charge in [0, 0.05) is 30.2 Å². The zero-order valence-corrected chi connectivity index (χ0v) is 13.4. The van der Waals surface area contributed by atoms with Crippen molar-refractivity contribution in [2.24, 2.45) is 0 Å². The number of benzene rings is 1. The molecule has 20 heavy (non-hydrogen) atoms. The van der Waals surface area contributed by atoms with Gasteiger partial charge in [0.1, 0.15) is 5.75 Å². The van der Waals surface area contributed by atoms with Crippen LogP contribution >= 0.6 is 0 Å². The number of ether oxygens (including phenoxy) is 1. The molecule has 0 aliphatic heterocycles. The largest absolute Gasteiger partial charge is 0.496 e. The van der Waals surface area contributed by atoms with Gasteiger partial charge in [-0.15, -0.1) is 0 Å². The predicted molar refractivity (Wildman–Crippen MR) is 84.4 cm³/mol. The molecule has 0 bridgehead atoms. The number of hydrogen-bond donors (Lipinski definition) is 1. The van der Waals surface area contributed by atoms with Gasteiger partial charge in [-0.05, 0) is 46.7 Å². The van der Waals surface area contributed by atoms with Crippen molar-refractivity contribution in [2.75, 3.05) is 20.7 Å². The van der Waals surface area contributed by atoms with E-state index in [1.54, 1.807) is 7.11 Å². The van der Waals surface area contributed by atoms with Crippen molar-refractivity contribution in [2.45, 2.75) is 51.7 Å². The molecule has 0 heterocycles. The Bertz CT molecular complexity index is 443. The molecule has 1 aliphatic carbocycles. The van der Waals surface area contributed by atoms with Gasteiger partial charge in [-0.3, -0.25) is 4.90 Å². The molecular weight excluding hydrogens is 248 g/mol. The second kappa shape index (κ2) is 6.59. The Labute approximate surface area is 123 Å². The van der Waals surface area contributed by atoms with Crippen LogP contribution in [0.4, 0.5) is 0 Å². The van der Waals surface area contributed by atoms with Crippen molar-refractivity contribution in [3.63, 3.8) is 0 Å². The average Bonchev–Trinajstić information content (AvgIpc) is 3.28. The number of hydrogen-bond acceptors (Lipinski definition) is 3. The first-order valence-corrected chi connectivity index (χ1v) is 7.62. The minimum atomic E-state index is 0.305. The minimum absolute atomic E-state index is 0.305. The second-order valence-electron chi connectivity index (χ2n) is 6.12. The number of aryl methyl sites for hydroxylation is 1. The van der Waals surface area contributed by atoms with Crippen LogP contribution in [0.5, 0.6) is 5.75 Å². The predicted octanol–water partition coefficient (Wildman–Crippen LogP) is 3.14. The zero-order chi connectivity index (χ0) is 14.7. The number of methoxy groups -OCH3 is 1. The highest BCUT2D eigenvalue weighted by Gasteiger charge is 2.29.